The van der Waals surface area contributed by atoms with E-state index in [-0.39, 0.29) is 24.4 Å². The van der Waals surface area contributed by atoms with Crippen molar-refractivity contribution in [3.63, 3.8) is 0 Å². The molecule has 2 amide bonds. The van der Waals surface area contributed by atoms with Gasteiger partial charge in [0.15, 0.2) is 0 Å². The molecule has 0 saturated carbocycles. The van der Waals surface area contributed by atoms with Crippen LogP contribution in [0.25, 0.3) is 0 Å². The van der Waals surface area contributed by atoms with Gasteiger partial charge in [0.2, 0.25) is 5.91 Å². The standard InChI is InChI=1S/C28H34N2O4S2/c1-20(2)21-7-9-22(10-8-21)34-19-24-23-12-17-36-25(23)11-14-30(24)27(31)18-29(13-5-15-33-3)28(32)26-6-4-16-35-26/h4,6-10,12,16-17,20,24H,5,11,13-15,18-19H2,1-3H3/t24-/m1/s1. The Morgan fingerprint density at radius 3 is 2.61 bits per heavy atom. The number of nitrogens with zero attached hydrogens (tertiary/aromatic N) is 2. The number of benzene rings is 1. The topological polar surface area (TPSA) is 59.1 Å². The first kappa shape index (κ1) is 26.4. The lowest BCUT2D eigenvalue weighted by atomic mass is 10.00. The molecule has 0 unspecified atom stereocenters. The van der Waals surface area contributed by atoms with E-state index in [1.54, 1.807) is 29.4 Å². The smallest absolute Gasteiger partial charge is 0.264 e. The fourth-order valence-corrected chi connectivity index (χ4v) is 6.08. The van der Waals surface area contributed by atoms with Crippen LogP contribution in [0.3, 0.4) is 0 Å². The first-order valence-corrected chi connectivity index (χ1v) is 14.1. The lowest BCUT2D eigenvalue weighted by Crippen LogP contribution is -2.48. The molecule has 0 aliphatic carbocycles. The number of hydrogen-bond donors (Lipinski definition) is 0. The summed E-state index contributed by atoms with van der Waals surface area (Å²) >= 11 is 3.13. The van der Waals surface area contributed by atoms with Crippen molar-refractivity contribution in [1.29, 1.82) is 0 Å². The van der Waals surface area contributed by atoms with Crippen LogP contribution in [0.4, 0.5) is 0 Å². The van der Waals surface area contributed by atoms with E-state index in [1.807, 2.05) is 28.5 Å². The molecule has 1 aliphatic rings. The SMILES string of the molecule is COCCCN(CC(=O)N1CCc2sccc2[C@H]1COc1ccc(C(C)C)cc1)C(=O)c1cccs1. The molecule has 0 saturated heterocycles. The predicted octanol–water partition coefficient (Wildman–Crippen LogP) is 5.62. The third-order valence-electron chi connectivity index (χ3n) is 6.49. The van der Waals surface area contributed by atoms with Crippen molar-refractivity contribution in [2.45, 2.75) is 38.6 Å². The molecule has 3 heterocycles. The summed E-state index contributed by atoms with van der Waals surface area (Å²) < 4.78 is 11.4. The highest BCUT2D eigenvalue weighted by atomic mass is 32.1. The second-order valence-corrected chi connectivity index (χ2v) is 11.2. The van der Waals surface area contributed by atoms with Crippen LogP contribution in [-0.2, 0) is 16.0 Å². The van der Waals surface area contributed by atoms with Gasteiger partial charge in [-0.2, -0.15) is 0 Å². The third kappa shape index (κ3) is 6.35. The largest absolute Gasteiger partial charge is 0.491 e. The fourth-order valence-electron chi connectivity index (χ4n) is 4.46. The average molecular weight is 527 g/mol. The van der Waals surface area contributed by atoms with Crippen LogP contribution < -0.4 is 4.74 Å². The van der Waals surface area contributed by atoms with Gasteiger partial charge in [0.25, 0.3) is 5.91 Å². The van der Waals surface area contributed by atoms with Gasteiger partial charge in [-0.1, -0.05) is 32.0 Å². The van der Waals surface area contributed by atoms with Gasteiger partial charge in [0, 0.05) is 31.7 Å². The molecule has 3 aromatic rings. The minimum Gasteiger partial charge on any atom is -0.491 e. The molecule has 6 nitrogen and oxygen atoms in total. The second kappa shape index (κ2) is 12.5. The van der Waals surface area contributed by atoms with Crippen LogP contribution in [0, 0.1) is 0 Å². The van der Waals surface area contributed by atoms with Gasteiger partial charge in [0.05, 0.1) is 10.9 Å². The molecule has 1 aromatic carbocycles. The molecular weight excluding hydrogens is 492 g/mol. The monoisotopic (exact) mass is 526 g/mol. The van der Waals surface area contributed by atoms with Crippen molar-refractivity contribution in [3.8, 4) is 5.75 Å². The molecular formula is C28H34N2O4S2. The fraction of sp³-hybridized carbons (Fsp3) is 0.429. The molecule has 0 bridgehead atoms. The van der Waals surface area contributed by atoms with Crippen LogP contribution in [0.5, 0.6) is 5.75 Å². The zero-order chi connectivity index (χ0) is 25.5. The van der Waals surface area contributed by atoms with E-state index in [4.69, 9.17) is 9.47 Å². The number of methoxy groups -OCH3 is 1. The molecule has 1 aliphatic heterocycles. The minimum absolute atomic E-state index is 0.0412. The van der Waals surface area contributed by atoms with Gasteiger partial charge in [-0.3, -0.25) is 9.59 Å². The lowest BCUT2D eigenvalue weighted by Gasteiger charge is -2.37. The summed E-state index contributed by atoms with van der Waals surface area (Å²) in [6.07, 6.45) is 1.50. The van der Waals surface area contributed by atoms with Gasteiger partial charge < -0.3 is 19.3 Å². The second-order valence-electron chi connectivity index (χ2n) is 9.24. The van der Waals surface area contributed by atoms with E-state index in [0.717, 1.165) is 17.7 Å². The van der Waals surface area contributed by atoms with E-state index in [1.165, 1.54) is 21.8 Å². The molecule has 4 rings (SSSR count). The molecule has 0 N–H and O–H groups in total. The van der Waals surface area contributed by atoms with Crippen LogP contribution in [-0.4, -0.2) is 61.6 Å². The summed E-state index contributed by atoms with van der Waals surface area (Å²) in [6, 6.07) is 13.8. The zero-order valence-electron chi connectivity index (χ0n) is 21.1. The Hall–Kier alpha value is -2.68. The van der Waals surface area contributed by atoms with Crippen molar-refractivity contribution in [1.82, 2.24) is 9.80 Å². The molecule has 0 spiro atoms. The van der Waals surface area contributed by atoms with Crippen LogP contribution in [0.15, 0.2) is 53.2 Å². The maximum Gasteiger partial charge on any atom is 0.264 e. The third-order valence-corrected chi connectivity index (χ3v) is 8.35. The Morgan fingerprint density at radius 1 is 1.11 bits per heavy atom. The Kier molecular flexibility index (Phi) is 9.18. The van der Waals surface area contributed by atoms with E-state index in [9.17, 15) is 9.59 Å². The number of amides is 2. The molecule has 8 heteroatoms. The number of carbonyl (C=O) groups is 2. The Bertz CT molecular complexity index is 1120. The summed E-state index contributed by atoms with van der Waals surface area (Å²) in [5.74, 6) is 1.09. The van der Waals surface area contributed by atoms with Crippen molar-refractivity contribution in [2.24, 2.45) is 0 Å². The predicted molar refractivity (Wildman–Crippen MR) is 145 cm³/mol. The number of rotatable bonds is 11. The highest BCUT2D eigenvalue weighted by Crippen LogP contribution is 2.34. The number of hydrogen-bond acceptors (Lipinski definition) is 6. The number of fused-ring (bicyclic) bond motifs is 1. The van der Waals surface area contributed by atoms with Crippen molar-refractivity contribution in [3.05, 3.63) is 74.1 Å². The maximum atomic E-state index is 13.6. The molecule has 0 fully saturated rings. The van der Waals surface area contributed by atoms with Gasteiger partial charge in [-0.25, -0.2) is 0 Å². The number of ether oxygens (including phenoxy) is 2. The Labute approximate surface area is 221 Å². The van der Waals surface area contributed by atoms with E-state index >= 15 is 0 Å². The van der Waals surface area contributed by atoms with E-state index in [0.29, 0.717) is 43.5 Å². The summed E-state index contributed by atoms with van der Waals surface area (Å²) in [6.45, 7) is 6.38. The maximum absolute atomic E-state index is 13.6. The van der Waals surface area contributed by atoms with Crippen LogP contribution in [0.1, 0.15) is 57.9 Å². The summed E-state index contributed by atoms with van der Waals surface area (Å²) in [5.41, 5.74) is 2.41. The average Bonchev–Trinajstić information content (AvgIpc) is 3.59. The normalized spacial score (nSPS) is 15.1. The van der Waals surface area contributed by atoms with Crippen molar-refractivity contribution in [2.75, 3.05) is 40.0 Å². The zero-order valence-corrected chi connectivity index (χ0v) is 22.8. The first-order valence-electron chi connectivity index (χ1n) is 12.4. The Balaban J connectivity index is 1.49. The lowest BCUT2D eigenvalue weighted by molar-refractivity contribution is -0.135. The molecule has 192 valence electrons. The highest BCUT2D eigenvalue weighted by Gasteiger charge is 2.33. The van der Waals surface area contributed by atoms with Crippen LogP contribution in [0.2, 0.25) is 0 Å². The highest BCUT2D eigenvalue weighted by molar-refractivity contribution is 7.12. The molecule has 2 aromatic heterocycles. The summed E-state index contributed by atoms with van der Waals surface area (Å²) in [4.78, 5) is 32.3. The molecule has 0 radical (unpaired) electrons. The summed E-state index contributed by atoms with van der Waals surface area (Å²) in [7, 11) is 1.64. The van der Waals surface area contributed by atoms with E-state index < -0.39 is 0 Å². The summed E-state index contributed by atoms with van der Waals surface area (Å²) in [5, 5.41) is 3.96. The Morgan fingerprint density at radius 2 is 1.92 bits per heavy atom. The number of thiophene rings is 2. The van der Waals surface area contributed by atoms with Gasteiger partial charge in [0.1, 0.15) is 18.9 Å². The van der Waals surface area contributed by atoms with Crippen LogP contribution >= 0.6 is 22.7 Å². The van der Waals surface area contributed by atoms with Crippen molar-refractivity contribution < 1.29 is 19.1 Å². The van der Waals surface area contributed by atoms with Gasteiger partial charge in [-0.05, 0) is 64.9 Å². The van der Waals surface area contributed by atoms with Gasteiger partial charge >= 0.3 is 0 Å². The van der Waals surface area contributed by atoms with Gasteiger partial charge in [-0.15, -0.1) is 22.7 Å². The van der Waals surface area contributed by atoms with Crippen molar-refractivity contribution >= 4 is 34.5 Å². The first-order chi connectivity index (χ1) is 17.5. The minimum atomic E-state index is -0.185. The number of carbonyl (C=O) groups excluding carboxylic acids is 2. The quantitative estimate of drug-likeness (QED) is 0.305. The molecule has 36 heavy (non-hydrogen) atoms. The van der Waals surface area contributed by atoms with E-state index in [2.05, 4.69) is 37.4 Å². The molecule has 1 atom stereocenters.